The predicted octanol–water partition coefficient (Wildman–Crippen LogP) is -2.09. The molecule has 1 heterocycles. The average Bonchev–Trinajstić information content (AvgIpc) is 2.14. The molecular weight excluding hydrogens is 178 g/mol. The molecule has 1 aliphatic heterocycles. The third-order valence-corrected chi connectivity index (χ3v) is 1.97. The minimum absolute atomic E-state index is 0.414. The average molecular weight is 191 g/mol. The number of amides is 1. The van der Waals surface area contributed by atoms with Crippen LogP contribution in [0.4, 0.5) is 0 Å². The molecule has 0 aromatic heterocycles. The Morgan fingerprint density at radius 3 is 2.31 bits per heavy atom. The summed E-state index contributed by atoms with van der Waals surface area (Å²) in [7, 11) is 0. The van der Waals surface area contributed by atoms with E-state index < -0.39 is 30.1 Å². The molecule has 0 aromatic carbocycles. The van der Waals surface area contributed by atoms with E-state index in [4.69, 9.17) is 14.9 Å². The third kappa shape index (κ3) is 1.80. The van der Waals surface area contributed by atoms with Crippen molar-refractivity contribution in [1.82, 2.24) is 5.32 Å². The molecular formula is C7H13NO5. The monoisotopic (exact) mass is 191 g/mol. The molecule has 0 aliphatic carbocycles. The summed E-state index contributed by atoms with van der Waals surface area (Å²) < 4.78 is 4.81. The molecule has 4 atom stereocenters. The maximum atomic E-state index is 10.7. The van der Waals surface area contributed by atoms with Crippen molar-refractivity contribution in [3.05, 3.63) is 0 Å². The van der Waals surface area contributed by atoms with Crippen LogP contribution in [-0.2, 0) is 9.53 Å². The number of ether oxygens (including phenoxy) is 1. The topological polar surface area (TPSA) is 99.0 Å². The SMILES string of the molecule is CC(=O)N[C@]1(C)OC(O)[C@H](O)[C@@H]1O. The number of hydrogen-bond donors (Lipinski definition) is 4. The molecule has 6 nitrogen and oxygen atoms in total. The molecule has 1 rings (SSSR count). The van der Waals surface area contributed by atoms with Gasteiger partial charge in [-0.15, -0.1) is 0 Å². The summed E-state index contributed by atoms with van der Waals surface area (Å²) in [4.78, 5) is 10.7. The molecule has 0 aromatic rings. The van der Waals surface area contributed by atoms with Crippen LogP contribution >= 0.6 is 0 Å². The first-order valence-electron chi connectivity index (χ1n) is 3.87. The van der Waals surface area contributed by atoms with Gasteiger partial charge in [0.1, 0.15) is 12.2 Å². The van der Waals surface area contributed by atoms with Crippen LogP contribution in [0.25, 0.3) is 0 Å². The van der Waals surface area contributed by atoms with E-state index in [1.807, 2.05) is 0 Å². The Bertz CT molecular complexity index is 221. The van der Waals surface area contributed by atoms with Gasteiger partial charge in [0.05, 0.1) is 0 Å². The standard InChI is InChI=1S/C7H13NO5/c1-3(9)8-7(2)5(11)4(10)6(12)13-7/h4-6,10-12H,1-2H3,(H,8,9)/t4-,5+,6?,7-/m1/s1. The van der Waals surface area contributed by atoms with E-state index in [1.165, 1.54) is 13.8 Å². The number of carbonyl (C=O) groups is 1. The van der Waals surface area contributed by atoms with Crippen LogP contribution in [0.15, 0.2) is 0 Å². The van der Waals surface area contributed by atoms with Gasteiger partial charge in [-0.2, -0.15) is 0 Å². The number of aliphatic hydroxyl groups is 3. The lowest BCUT2D eigenvalue weighted by molar-refractivity contribution is -0.170. The van der Waals surface area contributed by atoms with Crippen molar-refractivity contribution >= 4 is 5.91 Å². The van der Waals surface area contributed by atoms with Gasteiger partial charge < -0.3 is 25.4 Å². The van der Waals surface area contributed by atoms with Gasteiger partial charge in [0.15, 0.2) is 12.0 Å². The van der Waals surface area contributed by atoms with Crippen LogP contribution in [-0.4, -0.2) is 45.4 Å². The molecule has 6 heteroatoms. The Morgan fingerprint density at radius 2 is 2.00 bits per heavy atom. The minimum atomic E-state index is -1.48. The number of aliphatic hydroxyl groups excluding tert-OH is 3. The fourth-order valence-corrected chi connectivity index (χ4v) is 1.32. The number of hydrogen-bond acceptors (Lipinski definition) is 5. The number of nitrogens with one attached hydrogen (secondary N) is 1. The number of carbonyl (C=O) groups excluding carboxylic acids is 1. The van der Waals surface area contributed by atoms with Crippen molar-refractivity contribution in [3.8, 4) is 0 Å². The second-order valence-electron chi connectivity index (χ2n) is 3.23. The lowest BCUT2D eigenvalue weighted by atomic mass is 10.1. The summed E-state index contributed by atoms with van der Waals surface area (Å²) in [5, 5.41) is 29.9. The minimum Gasteiger partial charge on any atom is -0.385 e. The van der Waals surface area contributed by atoms with Crippen molar-refractivity contribution in [2.45, 2.75) is 38.1 Å². The van der Waals surface area contributed by atoms with Crippen molar-refractivity contribution < 1.29 is 24.9 Å². The molecule has 1 fully saturated rings. The Morgan fingerprint density at radius 1 is 1.46 bits per heavy atom. The van der Waals surface area contributed by atoms with E-state index >= 15 is 0 Å². The Balaban J connectivity index is 2.75. The zero-order valence-electron chi connectivity index (χ0n) is 7.39. The summed E-state index contributed by atoms with van der Waals surface area (Å²) in [6.07, 6.45) is -4.23. The van der Waals surface area contributed by atoms with Gasteiger partial charge in [-0.1, -0.05) is 0 Å². The van der Waals surface area contributed by atoms with Crippen LogP contribution in [0, 0.1) is 0 Å². The molecule has 1 amide bonds. The Hall–Kier alpha value is -0.690. The van der Waals surface area contributed by atoms with E-state index in [1.54, 1.807) is 0 Å². The van der Waals surface area contributed by atoms with Crippen molar-refractivity contribution in [2.75, 3.05) is 0 Å². The van der Waals surface area contributed by atoms with Crippen LogP contribution in [0.5, 0.6) is 0 Å². The summed E-state index contributed by atoms with van der Waals surface area (Å²) in [6.45, 7) is 2.62. The summed E-state index contributed by atoms with van der Waals surface area (Å²) in [6, 6.07) is 0. The summed E-state index contributed by atoms with van der Waals surface area (Å²) in [5.41, 5.74) is -1.43. The van der Waals surface area contributed by atoms with Gasteiger partial charge in [0.2, 0.25) is 5.91 Å². The van der Waals surface area contributed by atoms with Gasteiger partial charge in [-0.25, -0.2) is 0 Å². The van der Waals surface area contributed by atoms with E-state index in [2.05, 4.69) is 5.32 Å². The number of rotatable bonds is 1. The van der Waals surface area contributed by atoms with E-state index in [9.17, 15) is 9.90 Å². The molecule has 0 radical (unpaired) electrons. The van der Waals surface area contributed by atoms with Gasteiger partial charge >= 0.3 is 0 Å². The third-order valence-electron chi connectivity index (χ3n) is 1.97. The first kappa shape index (κ1) is 10.4. The molecule has 0 spiro atoms. The molecule has 4 N–H and O–H groups in total. The first-order chi connectivity index (χ1) is 5.87. The fraction of sp³-hybridized carbons (Fsp3) is 0.857. The van der Waals surface area contributed by atoms with Gasteiger partial charge in [-0.05, 0) is 6.92 Å². The van der Waals surface area contributed by atoms with Crippen molar-refractivity contribution in [1.29, 1.82) is 0 Å². The Labute approximate surface area is 75.1 Å². The second kappa shape index (κ2) is 3.22. The zero-order valence-corrected chi connectivity index (χ0v) is 7.39. The lowest BCUT2D eigenvalue weighted by Gasteiger charge is -2.27. The quantitative estimate of drug-likeness (QED) is 0.381. The summed E-state index contributed by atoms with van der Waals surface area (Å²) >= 11 is 0. The van der Waals surface area contributed by atoms with E-state index in [-0.39, 0.29) is 0 Å². The smallest absolute Gasteiger partial charge is 0.219 e. The van der Waals surface area contributed by atoms with Gasteiger partial charge in [-0.3, -0.25) is 4.79 Å². The summed E-state index contributed by atoms with van der Waals surface area (Å²) in [5.74, 6) is -0.414. The molecule has 1 saturated heterocycles. The van der Waals surface area contributed by atoms with Crippen molar-refractivity contribution in [2.24, 2.45) is 0 Å². The predicted molar refractivity (Wildman–Crippen MR) is 41.3 cm³/mol. The Kier molecular flexibility index (Phi) is 2.58. The normalized spacial score (nSPS) is 44.8. The van der Waals surface area contributed by atoms with E-state index in [0.29, 0.717) is 0 Å². The first-order valence-corrected chi connectivity index (χ1v) is 3.87. The largest absolute Gasteiger partial charge is 0.385 e. The molecule has 0 bridgehead atoms. The highest BCUT2D eigenvalue weighted by atomic mass is 16.7. The molecule has 76 valence electrons. The highest BCUT2D eigenvalue weighted by Gasteiger charge is 2.51. The highest BCUT2D eigenvalue weighted by molar-refractivity contribution is 5.73. The zero-order chi connectivity index (χ0) is 10.2. The van der Waals surface area contributed by atoms with E-state index in [0.717, 1.165) is 0 Å². The lowest BCUT2D eigenvalue weighted by Crippen LogP contribution is -2.53. The van der Waals surface area contributed by atoms with Crippen LogP contribution in [0.1, 0.15) is 13.8 Å². The maximum absolute atomic E-state index is 10.7. The van der Waals surface area contributed by atoms with Crippen molar-refractivity contribution in [3.63, 3.8) is 0 Å². The molecule has 0 saturated carbocycles. The van der Waals surface area contributed by atoms with Gasteiger partial charge in [0, 0.05) is 6.92 Å². The maximum Gasteiger partial charge on any atom is 0.219 e. The second-order valence-corrected chi connectivity index (χ2v) is 3.23. The van der Waals surface area contributed by atoms with Crippen LogP contribution in [0.3, 0.4) is 0 Å². The van der Waals surface area contributed by atoms with Crippen LogP contribution in [0.2, 0.25) is 0 Å². The molecule has 1 unspecified atom stereocenters. The van der Waals surface area contributed by atoms with Crippen LogP contribution < -0.4 is 5.32 Å². The molecule has 13 heavy (non-hydrogen) atoms. The molecule has 1 aliphatic rings. The highest BCUT2D eigenvalue weighted by Crippen LogP contribution is 2.27. The fourth-order valence-electron chi connectivity index (χ4n) is 1.32. The van der Waals surface area contributed by atoms with Gasteiger partial charge in [0.25, 0.3) is 0 Å².